The van der Waals surface area contributed by atoms with Gasteiger partial charge in [-0.05, 0) is 148 Å². The van der Waals surface area contributed by atoms with Crippen molar-refractivity contribution in [3.63, 3.8) is 0 Å². The molecular weight excluding hydrogens is 476 g/mol. The molecule has 0 aromatic rings. The van der Waals surface area contributed by atoms with E-state index in [4.69, 9.17) is 17.7 Å². The zero-order valence-electron chi connectivity index (χ0n) is 23.2. The van der Waals surface area contributed by atoms with Crippen molar-refractivity contribution >= 4 is 9.05 Å². The Morgan fingerprint density at radius 3 is 0.811 bits per heavy atom. The number of hydrogen-bond acceptors (Lipinski definition) is 4. The molecule has 0 radical (unpaired) electrons. The second-order valence-electron chi connectivity index (χ2n) is 15.5. The maximum absolute atomic E-state index is 6.96. The molecule has 0 heterocycles. The van der Waals surface area contributed by atoms with Crippen molar-refractivity contribution in [2.24, 2.45) is 71.0 Å². The second kappa shape index (κ2) is 10.2. The van der Waals surface area contributed by atoms with Crippen molar-refractivity contribution in [3.05, 3.63) is 0 Å². The molecule has 0 aliphatic heterocycles. The van der Waals surface area contributed by atoms with Crippen LogP contribution in [0.2, 0.25) is 0 Å². The Kier molecular flexibility index (Phi) is 6.81. The largest absolute Gasteiger partial charge is 0.679 e. The molecular formula is C32H52O4Si. The fourth-order valence-corrected chi connectivity index (χ4v) is 13.6. The highest BCUT2D eigenvalue weighted by atomic mass is 28.4. The molecule has 0 aromatic carbocycles. The van der Waals surface area contributed by atoms with E-state index in [-0.39, 0.29) is 0 Å². The van der Waals surface area contributed by atoms with Crippen LogP contribution < -0.4 is 0 Å². The van der Waals surface area contributed by atoms with Gasteiger partial charge in [0.25, 0.3) is 0 Å². The van der Waals surface area contributed by atoms with Gasteiger partial charge in [0.1, 0.15) is 0 Å². The first-order chi connectivity index (χ1) is 18.2. The van der Waals surface area contributed by atoms with E-state index >= 15 is 0 Å². The summed E-state index contributed by atoms with van der Waals surface area (Å²) in [4.78, 5) is 0. The van der Waals surface area contributed by atoms with Gasteiger partial charge in [-0.1, -0.05) is 25.7 Å². The average molecular weight is 529 g/mol. The summed E-state index contributed by atoms with van der Waals surface area (Å²) in [5, 5.41) is 0. The Morgan fingerprint density at radius 2 is 0.622 bits per heavy atom. The van der Waals surface area contributed by atoms with Gasteiger partial charge in [-0.3, -0.25) is 0 Å². The lowest BCUT2D eigenvalue weighted by molar-refractivity contribution is -0.0684. The molecule has 8 aliphatic carbocycles. The SMILES string of the molecule is C1C[C@H]2C[C@H]1C[C@H]2CO[Si](OC[C@H]1C[C@H]2CC[C@H]1C2)(OC[C@H]1C[C@H]2CC[C@H]1C2)OC[C@H]1C[C@H]2CC[C@H]1C2. The fraction of sp³-hybridized carbons (Fsp3) is 1.00. The number of hydrogen-bond donors (Lipinski definition) is 0. The topological polar surface area (TPSA) is 36.9 Å². The molecule has 0 amide bonds. The predicted octanol–water partition coefficient (Wildman–Crippen LogP) is 7.23. The van der Waals surface area contributed by atoms with Gasteiger partial charge in [0.05, 0.1) is 0 Å². The lowest BCUT2D eigenvalue weighted by Gasteiger charge is -2.35. The third-order valence-electron chi connectivity index (χ3n) is 13.4. The van der Waals surface area contributed by atoms with Crippen LogP contribution >= 0.6 is 0 Å². The quantitative estimate of drug-likeness (QED) is 0.250. The Morgan fingerprint density at radius 1 is 0.351 bits per heavy atom. The van der Waals surface area contributed by atoms with Crippen molar-refractivity contribution in [2.75, 3.05) is 26.4 Å². The van der Waals surface area contributed by atoms with Gasteiger partial charge < -0.3 is 17.7 Å². The van der Waals surface area contributed by atoms with Crippen LogP contribution in [-0.4, -0.2) is 35.5 Å². The van der Waals surface area contributed by atoms with Gasteiger partial charge in [0, 0.05) is 26.4 Å². The van der Waals surface area contributed by atoms with Gasteiger partial charge in [-0.15, -0.1) is 0 Å². The average Bonchev–Trinajstić information content (AvgIpc) is 3.78. The van der Waals surface area contributed by atoms with Crippen LogP contribution in [0.15, 0.2) is 0 Å². The maximum atomic E-state index is 6.96. The van der Waals surface area contributed by atoms with Crippen molar-refractivity contribution in [3.8, 4) is 0 Å². The van der Waals surface area contributed by atoms with E-state index in [1.807, 2.05) is 0 Å². The zero-order valence-corrected chi connectivity index (χ0v) is 24.2. The summed E-state index contributed by atoms with van der Waals surface area (Å²) in [6.07, 6.45) is 22.7. The van der Waals surface area contributed by atoms with E-state index in [0.29, 0.717) is 23.7 Å². The first-order valence-corrected chi connectivity index (χ1v) is 18.4. The fourth-order valence-electron chi connectivity index (χ4n) is 11.4. The van der Waals surface area contributed by atoms with E-state index in [1.165, 1.54) is 103 Å². The van der Waals surface area contributed by atoms with Crippen LogP contribution in [0.5, 0.6) is 0 Å². The van der Waals surface area contributed by atoms with Crippen LogP contribution in [0.1, 0.15) is 103 Å². The highest BCUT2D eigenvalue weighted by Gasteiger charge is 2.53. The van der Waals surface area contributed by atoms with Gasteiger partial charge in [0.2, 0.25) is 0 Å². The zero-order chi connectivity index (χ0) is 24.4. The number of rotatable bonds is 12. The minimum atomic E-state index is -3.18. The van der Waals surface area contributed by atoms with Crippen LogP contribution in [0.25, 0.3) is 0 Å². The highest BCUT2D eigenvalue weighted by molar-refractivity contribution is 6.53. The van der Waals surface area contributed by atoms with Crippen LogP contribution in [0.4, 0.5) is 0 Å². The van der Waals surface area contributed by atoms with Crippen molar-refractivity contribution in [1.82, 2.24) is 0 Å². The molecule has 8 saturated carbocycles. The van der Waals surface area contributed by atoms with Crippen LogP contribution in [0.3, 0.4) is 0 Å². The summed E-state index contributed by atoms with van der Waals surface area (Å²) in [5.41, 5.74) is 0. The summed E-state index contributed by atoms with van der Waals surface area (Å²) < 4.78 is 27.8. The monoisotopic (exact) mass is 528 g/mol. The summed E-state index contributed by atoms with van der Waals surface area (Å²) in [6.45, 7) is 3.27. The molecule has 37 heavy (non-hydrogen) atoms. The smallest absolute Gasteiger partial charge is 0.351 e. The lowest BCUT2D eigenvalue weighted by atomic mass is 9.90. The van der Waals surface area contributed by atoms with Gasteiger partial charge in [0.15, 0.2) is 0 Å². The third kappa shape index (κ3) is 4.93. The Labute approximate surface area is 226 Å². The van der Waals surface area contributed by atoms with E-state index in [1.54, 1.807) is 0 Å². The first-order valence-electron chi connectivity index (χ1n) is 16.7. The van der Waals surface area contributed by atoms with Gasteiger partial charge in [-0.2, -0.15) is 0 Å². The molecule has 0 unspecified atom stereocenters. The molecule has 8 aliphatic rings. The summed E-state index contributed by atoms with van der Waals surface area (Å²) >= 11 is 0. The van der Waals surface area contributed by atoms with E-state index in [0.717, 1.165) is 73.8 Å². The van der Waals surface area contributed by atoms with Crippen LogP contribution in [0, 0.1) is 71.0 Å². The Balaban J connectivity index is 0.983. The molecule has 0 N–H and O–H groups in total. The lowest BCUT2D eigenvalue weighted by Crippen LogP contribution is -2.53. The van der Waals surface area contributed by atoms with Crippen LogP contribution in [-0.2, 0) is 17.7 Å². The minimum absolute atomic E-state index is 0.703. The molecule has 4 nitrogen and oxygen atoms in total. The molecule has 5 heteroatoms. The normalized spacial score (nSPS) is 49.3. The summed E-state index contributed by atoms with van der Waals surface area (Å²) in [5.74, 6) is 10.1. The molecule has 8 fully saturated rings. The minimum Gasteiger partial charge on any atom is -0.351 e. The summed E-state index contributed by atoms with van der Waals surface area (Å²) in [7, 11) is -3.18. The van der Waals surface area contributed by atoms with Gasteiger partial charge >= 0.3 is 9.05 Å². The van der Waals surface area contributed by atoms with Gasteiger partial charge in [-0.25, -0.2) is 0 Å². The second-order valence-corrected chi connectivity index (χ2v) is 17.6. The number of fused-ring (bicyclic) bond motifs is 8. The van der Waals surface area contributed by atoms with E-state index in [9.17, 15) is 0 Å². The highest BCUT2D eigenvalue weighted by Crippen LogP contribution is 2.52. The molecule has 208 valence electrons. The van der Waals surface area contributed by atoms with Crippen molar-refractivity contribution in [1.29, 1.82) is 0 Å². The van der Waals surface area contributed by atoms with E-state index < -0.39 is 9.05 Å². The first kappa shape index (κ1) is 24.8. The van der Waals surface area contributed by atoms with Crippen molar-refractivity contribution < 1.29 is 17.7 Å². The van der Waals surface area contributed by atoms with E-state index in [2.05, 4.69) is 0 Å². The summed E-state index contributed by atoms with van der Waals surface area (Å²) in [6, 6.07) is 0. The maximum Gasteiger partial charge on any atom is 0.679 e. The Hall–Kier alpha value is 0.0569. The molecule has 0 aromatic heterocycles. The molecule has 8 rings (SSSR count). The standard InChI is InChI=1S/C32H52O4Si/c1-5-25-9-21(1)13-29(25)17-33-37(34-18-30-14-22-2-6-26(30)10-22,35-19-31-15-23-3-7-27(31)11-23)36-20-32-16-24-4-8-28(32)12-24/h21-32H,1-20H2/t21-,22-,23-,24-,25-,26-,27-,28-,29-,30+,31+,32+/m0/s1. The molecule has 0 saturated heterocycles. The molecule has 12 atom stereocenters. The molecule has 8 bridgehead atoms. The third-order valence-corrected chi connectivity index (χ3v) is 15.5. The van der Waals surface area contributed by atoms with Crippen molar-refractivity contribution in [2.45, 2.75) is 103 Å². The Bertz CT molecular complexity index is 687. The molecule has 0 spiro atoms. The predicted molar refractivity (Wildman–Crippen MR) is 145 cm³/mol.